The molecule has 0 saturated carbocycles. The molecule has 6 rings (SSSR count). The number of esters is 1. The van der Waals surface area contributed by atoms with Gasteiger partial charge in [0.15, 0.2) is 0 Å². The Morgan fingerprint density at radius 1 is 0.824 bits per heavy atom. The van der Waals surface area contributed by atoms with Gasteiger partial charge in [-0.2, -0.15) is 0 Å². The number of hydrogen-bond donors (Lipinski definition) is 0. The van der Waals surface area contributed by atoms with Crippen LogP contribution in [0.1, 0.15) is 99.3 Å². The van der Waals surface area contributed by atoms with Crippen molar-refractivity contribution in [2.45, 2.75) is 108 Å². The van der Waals surface area contributed by atoms with E-state index in [2.05, 4.69) is 108 Å². The number of Topliss-reactive ketones (excluding diaryl/α,β-unsaturated/α-hetero) is 1. The van der Waals surface area contributed by atoms with Crippen LogP contribution in [-0.4, -0.2) is 85.7 Å². The molecule has 5 aromatic rings. The molecule has 0 bridgehead atoms. The molecule has 0 radical (unpaired) electrons. The van der Waals surface area contributed by atoms with Crippen LogP contribution in [0, 0.1) is 5.92 Å². The number of benzene rings is 5. The number of methoxy groups -OCH3 is 1. The molecule has 1 aliphatic heterocycles. The number of carbonyl (C=O) groups is 2. The zero-order valence-electron chi connectivity index (χ0n) is 41.0. The number of rotatable bonds is 23. The fourth-order valence-corrected chi connectivity index (χ4v) is 16.2. The van der Waals surface area contributed by atoms with Crippen LogP contribution in [0.15, 0.2) is 158 Å². The second-order valence-electron chi connectivity index (χ2n) is 18.7. The van der Waals surface area contributed by atoms with Gasteiger partial charge in [0.1, 0.15) is 0 Å². The van der Waals surface area contributed by atoms with Gasteiger partial charge in [-0.25, -0.2) is 0 Å². The molecular weight excluding hydrogens is 936 g/mol. The van der Waals surface area contributed by atoms with Crippen LogP contribution in [-0.2, 0) is 23.4 Å². The average molecular weight is 1000 g/mol. The molecule has 0 aliphatic carbocycles. The van der Waals surface area contributed by atoms with E-state index in [0.717, 1.165) is 10.0 Å². The third-order valence-corrected chi connectivity index (χ3v) is 20.1. The second-order valence-corrected chi connectivity index (χ2v) is 25.6. The monoisotopic (exact) mass is 1000 g/mol. The van der Waals surface area contributed by atoms with Crippen LogP contribution in [0.5, 0.6) is 11.5 Å². The predicted octanol–water partition coefficient (Wildman–Crippen LogP) is 10.2. The second kappa shape index (κ2) is 24.0. The van der Waals surface area contributed by atoms with E-state index in [4.69, 9.17) is 32.8 Å². The van der Waals surface area contributed by atoms with Crippen molar-refractivity contribution in [1.82, 2.24) is 0 Å². The van der Waals surface area contributed by atoms with Gasteiger partial charge in [-0.15, -0.1) is 0 Å². The van der Waals surface area contributed by atoms with Crippen LogP contribution < -0.4 is 24.3 Å². The molecule has 0 amide bonds. The van der Waals surface area contributed by atoms with Crippen LogP contribution in [0.4, 0.5) is 0 Å². The first-order valence-electron chi connectivity index (χ1n) is 23.4. The van der Waals surface area contributed by atoms with Crippen molar-refractivity contribution in [1.29, 1.82) is 0 Å². The van der Waals surface area contributed by atoms with E-state index >= 15 is 0 Å². The van der Waals surface area contributed by atoms with E-state index in [-0.39, 0.29) is 56.0 Å². The standard InChI is InChI=1S/C57H68O9SeSi/c1-11-36-61-44-37-48(53(41(3)58)51(38-44)62-39-60-10)52(67-45-26-18-13-19-27-45)35-34-50-54(65-57(8,9)64-50)49(63-55(59)43-24-16-12-17-25-43)33-32-40(2)42(4)66-68(56(5,6)7,46-28-20-14-21-29-46)47-30-22-15-23-31-47/h11-33,37-38,40,42,49-50,52,54H,1,34-36,39H2,2-10H3/b33-32-/t40-,42-,49?,50+,52?,54?/m1/s1. The Morgan fingerprint density at radius 2 is 1.41 bits per heavy atom. The van der Waals surface area contributed by atoms with Crippen LogP contribution in [0.3, 0.4) is 0 Å². The first kappa shape index (κ1) is 52.3. The van der Waals surface area contributed by atoms with Crippen molar-refractivity contribution in [2.75, 3.05) is 20.5 Å². The number of hydrogen-bond acceptors (Lipinski definition) is 9. The zero-order valence-corrected chi connectivity index (χ0v) is 43.7. The normalized spacial score (nSPS) is 17.8. The van der Waals surface area contributed by atoms with E-state index in [1.165, 1.54) is 10.4 Å². The van der Waals surface area contributed by atoms with Gasteiger partial charge in [0.25, 0.3) is 0 Å². The van der Waals surface area contributed by atoms with Crippen LogP contribution >= 0.6 is 0 Å². The van der Waals surface area contributed by atoms with Crippen molar-refractivity contribution in [3.8, 4) is 11.5 Å². The van der Waals surface area contributed by atoms with Gasteiger partial charge in [-0.1, -0.05) is 81.4 Å². The van der Waals surface area contributed by atoms with Gasteiger partial charge in [-0.05, 0) is 15.4 Å². The molecule has 68 heavy (non-hydrogen) atoms. The molecule has 9 nitrogen and oxygen atoms in total. The van der Waals surface area contributed by atoms with Crippen LogP contribution in [0.25, 0.3) is 0 Å². The third kappa shape index (κ3) is 13.1. The van der Waals surface area contributed by atoms with E-state index in [9.17, 15) is 9.59 Å². The van der Waals surface area contributed by atoms with Crippen molar-refractivity contribution in [2.24, 2.45) is 5.92 Å². The Kier molecular flexibility index (Phi) is 18.4. The minimum absolute atomic E-state index is 0.0390. The molecule has 0 N–H and O–H groups in total. The Morgan fingerprint density at radius 3 is 1.97 bits per heavy atom. The third-order valence-electron chi connectivity index (χ3n) is 12.2. The summed E-state index contributed by atoms with van der Waals surface area (Å²) in [5.41, 5.74) is 1.74. The maximum absolute atomic E-state index is 14.0. The maximum atomic E-state index is 14.0. The van der Waals surface area contributed by atoms with Crippen molar-refractivity contribution in [3.63, 3.8) is 0 Å². The van der Waals surface area contributed by atoms with Gasteiger partial charge in [-0.3, -0.25) is 0 Å². The number of ketones is 1. The van der Waals surface area contributed by atoms with Crippen LogP contribution in [0.2, 0.25) is 5.04 Å². The summed E-state index contributed by atoms with van der Waals surface area (Å²) in [4.78, 5) is 27.5. The Hall–Kier alpha value is -5.10. The van der Waals surface area contributed by atoms with Gasteiger partial charge < -0.3 is 0 Å². The SMILES string of the molecule is C=CCOc1cc(OCOC)c(C(C)=O)c(C(CC[C@@H]2OC(C)(C)OC2C(/C=C\[C@@H](C)[C@@H](C)O[Si](c2ccccc2)(c2ccccc2)C(C)(C)C)OC(=O)c2ccccc2)[Se]c2ccccc2)c1. The Bertz CT molecular complexity index is 2380. The quantitative estimate of drug-likeness (QED) is 0.0208. The molecule has 5 aromatic carbocycles. The number of ether oxygens (including phenoxy) is 6. The molecule has 0 spiro atoms. The summed E-state index contributed by atoms with van der Waals surface area (Å²) >= 11 is -0.152. The first-order valence-corrected chi connectivity index (χ1v) is 27.2. The summed E-state index contributed by atoms with van der Waals surface area (Å²) in [5, 5.41) is 2.20. The topological polar surface area (TPSA) is 98.8 Å². The zero-order chi connectivity index (χ0) is 48.9. The Labute approximate surface area is 411 Å². The molecule has 11 heteroatoms. The summed E-state index contributed by atoms with van der Waals surface area (Å²) < 4.78 is 46.0. The van der Waals surface area contributed by atoms with E-state index < -0.39 is 38.4 Å². The van der Waals surface area contributed by atoms with Gasteiger partial charge in [0.2, 0.25) is 0 Å². The molecule has 360 valence electrons. The molecule has 1 saturated heterocycles. The van der Waals surface area contributed by atoms with Crippen molar-refractivity contribution >= 4 is 49.9 Å². The van der Waals surface area contributed by atoms with E-state index in [1.54, 1.807) is 38.3 Å². The van der Waals surface area contributed by atoms with Gasteiger partial charge in [0.05, 0.1) is 0 Å². The molecule has 6 atom stereocenters. The molecule has 1 fully saturated rings. The summed E-state index contributed by atoms with van der Waals surface area (Å²) in [6, 6.07) is 44.2. The van der Waals surface area contributed by atoms with Crippen molar-refractivity contribution < 1.29 is 42.4 Å². The average Bonchev–Trinajstić information content (AvgIpc) is 3.65. The van der Waals surface area contributed by atoms with E-state index in [0.29, 0.717) is 35.5 Å². The summed E-state index contributed by atoms with van der Waals surface area (Å²) in [6.45, 7) is 20.5. The molecule has 1 heterocycles. The fourth-order valence-electron chi connectivity index (χ4n) is 8.84. The molecule has 3 unspecified atom stereocenters. The Balaban J connectivity index is 1.36. The number of carbonyl (C=O) groups excluding carboxylic acids is 2. The summed E-state index contributed by atoms with van der Waals surface area (Å²) in [5.74, 6) is -0.732. The minimum atomic E-state index is -2.88. The predicted molar refractivity (Wildman–Crippen MR) is 274 cm³/mol. The summed E-state index contributed by atoms with van der Waals surface area (Å²) in [7, 11) is -1.33. The fraction of sp³-hybridized carbons (Fsp3) is 0.368. The molecule has 1 aliphatic rings. The van der Waals surface area contributed by atoms with Gasteiger partial charge >= 0.3 is 317 Å². The summed E-state index contributed by atoms with van der Waals surface area (Å²) in [6.07, 6.45) is 4.63. The van der Waals surface area contributed by atoms with Gasteiger partial charge in [0, 0.05) is 0 Å². The van der Waals surface area contributed by atoms with E-state index in [1.807, 2.05) is 74.5 Å². The molecule has 0 aromatic heterocycles. The first-order chi connectivity index (χ1) is 32.6. The molecular formula is C57H68O9SeSi. The van der Waals surface area contributed by atoms with Crippen molar-refractivity contribution in [3.05, 3.63) is 175 Å².